The van der Waals surface area contributed by atoms with Crippen LogP contribution in [0.5, 0.6) is 0 Å². The SMILES string of the molecule is CC(NC(C)C1CCOC1)c1ccc(C(=O)O)o1. The van der Waals surface area contributed by atoms with Crippen molar-refractivity contribution < 1.29 is 19.1 Å². The van der Waals surface area contributed by atoms with Crippen molar-refractivity contribution in [1.82, 2.24) is 5.32 Å². The van der Waals surface area contributed by atoms with Crippen molar-refractivity contribution in [2.45, 2.75) is 32.4 Å². The van der Waals surface area contributed by atoms with E-state index >= 15 is 0 Å². The Morgan fingerprint density at radius 1 is 1.50 bits per heavy atom. The zero-order valence-electron chi connectivity index (χ0n) is 10.7. The predicted molar refractivity (Wildman–Crippen MR) is 65.6 cm³/mol. The van der Waals surface area contributed by atoms with Gasteiger partial charge in [0.15, 0.2) is 0 Å². The van der Waals surface area contributed by atoms with Crippen LogP contribution in [0, 0.1) is 5.92 Å². The monoisotopic (exact) mass is 253 g/mol. The van der Waals surface area contributed by atoms with Gasteiger partial charge in [0, 0.05) is 12.6 Å². The summed E-state index contributed by atoms with van der Waals surface area (Å²) in [6, 6.07) is 3.51. The molecule has 0 saturated carbocycles. The molecule has 1 aromatic rings. The van der Waals surface area contributed by atoms with Crippen LogP contribution in [0.15, 0.2) is 16.5 Å². The number of carboxylic acids is 1. The topological polar surface area (TPSA) is 71.7 Å². The first-order valence-electron chi connectivity index (χ1n) is 6.24. The number of carboxylic acid groups (broad SMARTS) is 1. The van der Waals surface area contributed by atoms with E-state index in [1.54, 1.807) is 6.07 Å². The van der Waals surface area contributed by atoms with E-state index in [0.717, 1.165) is 19.6 Å². The fourth-order valence-electron chi connectivity index (χ4n) is 2.26. The molecule has 1 aliphatic rings. The first kappa shape index (κ1) is 13.1. The highest BCUT2D eigenvalue weighted by molar-refractivity contribution is 5.84. The average molecular weight is 253 g/mol. The summed E-state index contributed by atoms with van der Waals surface area (Å²) in [6.45, 7) is 5.71. The molecule has 2 N–H and O–H groups in total. The molecule has 5 nitrogen and oxygen atoms in total. The summed E-state index contributed by atoms with van der Waals surface area (Å²) in [5, 5.41) is 12.2. The highest BCUT2D eigenvalue weighted by Gasteiger charge is 2.24. The van der Waals surface area contributed by atoms with E-state index in [9.17, 15) is 4.79 Å². The lowest BCUT2D eigenvalue weighted by Crippen LogP contribution is -2.35. The number of furan rings is 1. The highest BCUT2D eigenvalue weighted by Crippen LogP contribution is 2.21. The van der Waals surface area contributed by atoms with E-state index in [4.69, 9.17) is 14.3 Å². The number of hydrogen-bond donors (Lipinski definition) is 2. The van der Waals surface area contributed by atoms with Gasteiger partial charge in [0.05, 0.1) is 12.6 Å². The molecule has 2 rings (SSSR count). The molecule has 1 fully saturated rings. The van der Waals surface area contributed by atoms with E-state index in [1.165, 1.54) is 6.07 Å². The van der Waals surface area contributed by atoms with Crippen LogP contribution in [0.2, 0.25) is 0 Å². The molecular weight excluding hydrogens is 234 g/mol. The molecule has 2 heterocycles. The van der Waals surface area contributed by atoms with Crippen LogP contribution in [0.3, 0.4) is 0 Å². The van der Waals surface area contributed by atoms with Gasteiger partial charge in [-0.15, -0.1) is 0 Å². The van der Waals surface area contributed by atoms with Gasteiger partial charge < -0.3 is 19.6 Å². The molecular formula is C13H19NO4. The Morgan fingerprint density at radius 3 is 2.83 bits per heavy atom. The standard InChI is InChI=1S/C13H19NO4/c1-8(10-5-6-17-7-10)14-9(2)11-3-4-12(18-11)13(15)16/h3-4,8-10,14H,5-7H2,1-2H3,(H,15,16). The summed E-state index contributed by atoms with van der Waals surface area (Å²) in [4.78, 5) is 10.7. The maximum Gasteiger partial charge on any atom is 0.371 e. The minimum Gasteiger partial charge on any atom is -0.475 e. The maximum absolute atomic E-state index is 10.7. The average Bonchev–Trinajstić information content (AvgIpc) is 3.00. The second kappa shape index (κ2) is 5.54. The minimum atomic E-state index is -1.04. The number of nitrogens with one attached hydrogen (secondary N) is 1. The number of ether oxygens (including phenoxy) is 1. The molecule has 1 aliphatic heterocycles. The van der Waals surface area contributed by atoms with Crippen molar-refractivity contribution in [3.05, 3.63) is 23.7 Å². The largest absolute Gasteiger partial charge is 0.475 e. The second-order valence-corrected chi connectivity index (χ2v) is 4.81. The maximum atomic E-state index is 10.7. The van der Waals surface area contributed by atoms with Crippen LogP contribution in [0.4, 0.5) is 0 Å². The van der Waals surface area contributed by atoms with Crippen LogP contribution in [-0.4, -0.2) is 30.3 Å². The Morgan fingerprint density at radius 2 is 2.28 bits per heavy atom. The van der Waals surface area contributed by atoms with Crippen molar-refractivity contribution in [2.24, 2.45) is 5.92 Å². The van der Waals surface area contributed by atoms with Crippen LogP contribution >= 0.6 is 0 Å². The molecule has 0 bridgehead atoms. The third kappa shape index (κ3) is 2.91. The lowest BCUT2D eigenvalue weighted by atomic mass is 10.00. The lowest BCUT2D eigenvalue weighted by molar-refractivity contribution is 0.0659. The Bertz CT molecular complexity index is 409. The number of carbonyl (C=O) groups is 1. The van der Waals surface area contributed by atoms with Gasteiger partial charge in [0.2, 0.25) is 5.76 Å². The van der Waals surface area contributed by atoms with E-state index in [1.807, 2.05) is 6.92 Å². The van der Waals surface area contributed by atoms with E-state index in [2.05, 4.69) is 12.2 Å². The van der Waals surface area contributed by atoms with Gasteiger partial charge in [-0.05, 0) is 38.3 Å². The summed E-state index contributed by atoms with van der Waals surface area (Å²) in [7, 11) is 0. The quantitative estimate of drug-likeness (QED) is 0.840. The second-order valence-electron chi connectivity index (χ2n) is 4.81. The molecule has 5 heteroatoms. The number of rotatable bonds is 5. The van der Waals surface area contributed by atoms with Crippen molar-refractivity contribution in [3.8, 4) is 0 Å². The van der Waals surface area contributed by atoms with Crippen molar-refractivity contribution in [2.75, 3.05) is 13.2 Å². The van der Waals surface area contributed by atoms with Crippen LogP contribution in [0.25, 0.3) is 0 Å². The third-order valence-electron chi connectivity index (χ3n) is 3.45. The van der Waals surface area contributed by atoms with Gasteiger partial charge in [0.25, 0.3) is 0 Å². The zero-order chi connectivity index (χ0) is 13.1. The molecule has 1 aromatic heterocycles. The molecule has 1 saturated heterocycles. The van der Waals surface area contributed by atoms with E-state index in [-0.39, 0.29) is 11.8 Å². The fourth-order valence-corrected chi connectivity index (χ4v) is 2.26. The zero-order valence-corrected chi connectivity index (χ0v) is 10.7. The third-order valence-corrected chi connectivity index (χ3v) is 3.45. The molecule has 100 valence electrons. The Balaban J connectivity index is 1.93. The highest BCUT2D eigenvalue weighted by atomic mass is 16.5. The molecule has 0 radical (unpaired) electrons. The molecule has 18 heavy (non-hydrogen) atoms. The Labute approximate surface area is 106 Å². The summed E-state index contributed by atoms with van der Waals surface area (Å²) in [5.41, 5.74) is 0. The van der Waals surface area contributed by atoms with E-state index < -0.39 is 5.97 Å². The van der Waals surface area contributed by atoms with Gasteiger partial charge in [-0.2, -0.15) is 0 Å². The fraction of sp³-hybridized carbons (Fsp3) is 0.615. The summed E-state index contributed by atoms with van der Waals surface area (Å²) in [5.74, 6) is 0.112. The summed E-state index contributed by atoms with van der Waals surface area (Å²) in [6.07, 6.45) is 1.07. The molecule has 3 atom stereocenters. The Hall–Kier alpha value is -1.33. The summed E-state index contributed by atoms with van der Waals surface area (Å²) >= 11 is 0. The van der Waals surface area contributed by atoms with Crippen molar-refractivity contribution in [1.29, 1.82) is 0 Å². The normalized spacial score (nSPS) is 22.9. The predicted octanol–water partition coefficient (Wildman–Crippen LogP) is 2.05. The Kier molecular flexibility index (Phi) is 4.04. The van der Waals surface area contributed by atoms with Crippen LogP contribution in [0.1, 0.15) is 42.6 Å². The van der Waals surface area contributed by atoms with Crippen molar-refractivity contribution in [3.63, 3.8) is 0 Å². The van der Waals surface area contributed by atoms with Crippen LogP contribution in [-0.2, 0) is 4.74 Å². The van der Waals surface area contributed by atoms with E-state index in [0.29, 0.717) is 17.7 Å². The minimum absolute atomic E-state index is 0.00583. The molecule has 3 unspecified atom stereocenters. The summed E-state index contributed by atoms with van der Waals surface area (Å²) < 4.78 is 10.6. The van der Waals surface area contributed by atoms with Crippen LogP contribution < -0.4 is 5.32 Å². The van der Waals surface area contributed by atoms with Gasteiger partial charge >= 0.3 is 5.97 Å². The molecule has 0 aliphatic carbocycles. The van der Waals surface area contributed by atoms with Gasteiger partial charge in [-0.3, -0.25) is 0 Å². The van der Waals surface area contributed by atoms with Crippen molar-refractivity contribution >= 4 is 5.97 Å². The number of aromatic carboxylic acids is 1. The van der Waals surface area contributed by atoms with Gasteiger partial charge in [-0.25, -0.2) is 4.79 Å². The smallest absolute Gasteiger partial charge is 0.371 e. The van der Waals surface area contributed by atoms with Gasteiger partial charge in [0.1, 0.15) is 5.76 Å². The lowest BCUT2D eigenvalue weighted by Gasteiger charge is -2.22. The first-order valence-corrected chi connectivity index (χ1v) is 6.24. The molecule has 0 spiro atoms. The number of hydrogen-bond acceptors (Lipinski definition) is 4. The first-order chi connectivity index (χ1) is 8.58. The molecule has 0 amide bonds. The molecule has 0 aromatic carbocycles. The van der Waals surface area contributed by atoms with Gasteiger partial charge in [-0.1, -0.05) is 0 Å².